The Labute approximate surface area is 300 Å². The van der Waals surface area contributed by atoms with E-state index in [1.165, 1.54) is 11.8 Å². The minimum atomic E-state index is -0.966. The van der Waals surface area contributed by atoms with E-state index in [9.17, 15) is 24.3 Å². The Bertz CT molecular complexity index is 1440. The van der Waals surface area contributed by atoms with Gasteiger partial charge in [0.25, 0.3) is 0 Å². The van der Waals surface area contributed by atoms with Crippen LogP contribution in [-0.2, 0) is 36.9 Å². The fraction of sp³-hybridized carbons (Fsp3) is 0.568. The Morgan fingerprint density at radius 1 is 1.00 bits per heavy atom. The highest BCUT2D eigenvalue weighted by Gasteiger charge is 2.49. The van der Waals surface area contributed by atoms with Crippen molar-refractivity contribution in [3.63, 3.8) is 0 Å². The van der Waals surface area contributed by atoms with Crippen molar-refractivity contribution >= 4 is 35.4 Å². The Kier molecular flexibility index (Phi) is 13.9. The van der Waals surface area contributed by atoms with Gasteiger partial charge in [-0.15, -0.1) is 11.8 Å². The molecule has 0 unspecified atom stereocenters. The van der Waals surface area contributed by atoms with E-state index >= 15 is 0 Å². The lowest BCUT2D eigenvalue weighted by Crippen LogP contribution is -2.58. The number of rotatable bonds is 15. The lowest BCUT2D eigenvalue weighted by molar-refractivity contribution is -0.129. The van der Waals surface area contributed by atoms with Crippen LogP contribution in [0.3, 0.4) is 0 Å². The largest absolute Gasteiger partial charge is 0.390 e. The molecule has 6 N–H and O–H groups in total. The number of hydrogen-bond donors (Lipinski definition) is 6. The second-order valence-corrected chi connectivity index (χ2v) is 16.4. The molecule has 50 heavy (non-hydrogen) atoms. The van der Waals surface area contributed by atoms with Crippen molar-refractivity contribution < 1.29 is 29.0 Å². The number of β-amino-alcohol motifs (C(OH)–C–C–N with tert-alkyl or cyclic N) is 1. The van der Waals surface area contributed by atoms with Crippen LogP contribution in [0.1, 0.15) is 59.1 Å². The zero-order chi connectivity index (χ0) is 36.5. The summed E-state index contributed by atoms with van der Waals surface area (Å²) >= 11 is 1.41. The third-order valence-electron chi connectivity index (χ3n) is 8.66. The zero-order valence-corrected chi connectivity index (χ0v) is 30.8. The maximum Gasteiger partial charge on any atom is 0.245 e. The van der Waals surface area contributed by atoms with Gasteiger partial charge in [-0.25, -0.2) is 0 Å². The van der Waals surface area contributed by atoms with E-state index in [1.807, 2.05) is 107 Å². The number of thioether (sulfide) groups is 1. The molecule has 2 heterocycles. The highest BCUT2D eigenvalue weighted by molar-refractivity contribution is 8.01. The second kappa shape index (κ2) is 17.6. The zero-order valence-electron chi connectivity index (χ0n) is 30.0. The van der Waals surface area contributed by atoms with Gasteiger partial charge in [-0.05, 0) is 59.1 Å². The number of carbonyl (C=O) groups is 4. The molecule has 274 valence electrons. The number of nitrogens with zero attached hydrogens (tertiary/aromatic N) is 1. The van der Waals surface area contributed by atoms with Gasteiger partial charge >= 0.3 is 0 Å². The van der Waals surface area contributed by atoms with Crippen LogP contribution in [0.2, 0.25) is 0 Å². The van der Waals surface area contributed by atoms with Crippen LogP contribution in [0.15, 0.2) is 60.7 Å². The molecule has 2 aromatic carbocycles. The van der Waals surface area contributed by atoms with Crippen molar-refractivity contribution in [3.05, 3.63) is 71.8 Å². The van der Waals surface area contributed by atoms with Crippen molar-refractivity contribution in [2.24, 2.45) is 0 Å². The van der Waals surface area contributed by atoms with E-state index in [-0.39, 0.29) is 55.8 Å². The van der Waals surface area contributed by atoms with Gasteiger partial charge in [0.05, 0.1) is 30.0 Å². The summed E-state index contributed by atoms with van der Waals surface area (Å²) in [5, 5.41) is 25.5. The molecule has 2 fully saturated rings. The van der Waals surface area contributed by atoms with Gasteiger partial charge in [0, 0.05) is 43.1 Å². The number of hydrogen-bond acceptors (Lipinski definition) is 9. The van der Waals surface area contributed by atoms with E-state index in [4.69, 9.17) is 4.74 Å². The van der Waals surface area contributed by atoms with Gasteiger partial charge in [0.2, 0.25) is 23.6 Å². The van der Waals surface area contributed by atoms with Crippen molar-refractivity contribution in [2.45, 2.75) is 107 Å². The average Bonchev–Trinajstić information content (AvgIpc) is 3.60. The first-order chi connectivity index (χ1) is 23.6. The SMILES string of the molecule is CCO[C@H]1C[C@@H](C(=O)NC(C)(C)C)N(C[C@@H](O)CNC(=O)[C@@H]2N[C@@H]([C@H](NC(=O)Cc3ccccc3)C(=O)NCc3ccccc3)SC2(C)C)C1. The topological polar surface area (TPSA) is 161 Å². The molecular weight excluding hydrogens is 657 g/mol. The number of benzene rings is 2. The van der Waals surface area contributed by atoms with Crippen LogP contribution in [0.5, 0.6) is 0 Å². The molecule has 0 aliphatic carbocycles. The number of likely N-dealkylation sites (tertiary alicyclic amines) is 1. The Morgan fingerprint density at radius 2 is 1.64 bits per heavy atom. The van der Waals surface area contributed by atoms with E-state index in [1.54, 1.807) is 0 Å². The van der Waals surface area contributed by atoms with Gasteiger partial charge in [0.15, 0.2) is 0 Å². The number of aliphatic hydroxyl groups is 1. The van der Waals surface area contributed by atoms with Gasteiger partial charge in [-0.1, -0.05) is 60.7 Å². The maximum atomic E-state index is 13.6. The lowest BCUT2D eigenvalue weighted by Gasteiger charge is -2.29. The second-order valence-electron chi connectivity index (χ2n) is 14.6. The van der Waals surface area contributed by atoms with Crippen LogP contribution in [0.25, 0.3) is 0 Å². The summed E-state index contributed by atoms with van der Waals surface area (Å²) in [7, 11) is 0. The monoisotopic (exact) mass is 710 g/mol. The van der Waals surface area contributed by atoms with E-state index in [2.05, 4.69) is 26.6 Å². The van der Waals surface area contributed by atoms with Crippen LogP contribution in [-0.4, -0.2) is 106 Å². The van der Waals surface area contributed by atoms with E-state index < -0.39 is 39.9 Å². The molecule has 12 nitrogen and oxygen atoms in total. The summed E-state index contributed by atoms with van der Waals surface area (Å²) in [5.41, 5.74) is 1.34. The Morgan fingerprint density at radius 3 is 2.26 bits per heavy atom. The minimum Gasteiger partial charge on any atom is -0.390 e. The number of nitrogens with one attached hydrogen (secondary N) is 5. The summed E-state index contributed by atoms with van der Waals surface area (Å²) in [6.07, 6.45) is -0.435. The molecule has 2 aliphatic rings. The number of aliphatic hydroxyl groups excluding tert-OH is 1. The summed E-state index contributed by atoms with van der Waals surface area (Å²) < 4.78 is 5.16. The van der Waals surface area contributed by atoms with Gasteiger partial charge in [0.1, 0.15) is 12.1 Å². The van der Waals surface area contributed by atoms with Crippen LogP contribution in [0, 0.1) is 0 Å². The first kappa shape index (κ1) is 39.3. The predicted octanol–water partition coefficient (Wildman–Crippen LogP) is 1.71. The quantitative estimate of drug-likeness (QED) is 0.162. The van der Waals surface area contributed by atoms with Crippen LogP contribution >= 0.6 is 11.8 Å². The summed E-state index contributed by atoms with van der Waals surface area (Å²) in [6, 6.07) is 16.7. The smallest absolute Gasteiger partial charge is 0.245 e. The van der Waals surface area contributed by atoms with E-state index in [0.29, 0.717) is 19.6 Å². The third kappa shape index (κ3) is 11.5. The molecule has 6 atom stereocenters. The third-order valence-corrected chi connectivity index (χ3v) is 10.2. The molecule has 2 saturated heterocycles. The fourth-order valence-corrected chi connectivity index (χ4v) is 7.83. The average molecular weight is 711 g/mol. The molecule has 0 spiro atoms. The number of ether oxygens (including phenoxy) is 1. The molecule has 4 rings (SSSR count). The Balaban J connectivity index is 1.39. The maximum absolute atomic E-state index is 13.6. The van der Waals surface area contributed by atoms with Crippen molar-refractivity contribution in [2.75, 3.05) is 26.2 Å². The standard InChI is InChI=1S/C37H54N6O6S/c1-7-49-27-19-28(32(46)42-36(2,3)4)43(23-27)22-26(44)21-39-34(48)31-37(5,6)50-35(41-31)30(33(47)38-20-25-16-12-9-13-17-25)40-29(45)18-24-14-10-8-11-15-24/h8-17,26-28,30-31,35,41,44H,7,18-23H2,1-6H3,(H,38,47)(H,39,48)(H,40,45)(H,42,46)/t26-,27-,28-,30+,31-,35+/m0/s1. The molecule has 0 aromatic heterocycles. The van der Waals surface area contributed by atoms with Crippen LogP contribution in [0.4, 0.5) is 0 Å². The molecule has 2 aromatic rings. The number of amides is 4. The highest BCUT2D eigenvalue weighted by atomic mass is 32.2. The molecular formula is C37H54N6O6S. The predicted molar refractivity (Wildman–Crippen MR) is 195 cm³/mol. The molecule has 4 amide bonds. The first-order valence-electron chi connectivity index (χ1n) is 17.4. The summed E-state index contributed by atoms with van der Waals surface area (Å²) in [5.74, 6) is -1.13. The molecule has 2 aliphatic heterocycles. The van der Waals surface area contributed by atoms with Crippen molar-refractivity contribution in [3.8, 4) is 0 Å². The van der Waals surface area contributed by atoms with Gasteiger partial charge in [-0.2, -0.15) is 0 Å². The normalized spacial score (nSPS) is 23.1. The highest BCUT2D eigenvalue weighted by Crippen LogP contribution is 2.39. The fourth-order valence-electron chi connectivity index (χ4n) is 6.33. The molecule has 0 radical (unpaired) electrons. The lowest BCUT2D eigenvalue weighted by atomic mass is 10.0. The first-order valence-corrected chi connectivity index (χ1v) is 18.3. The van der Waals surface area contributed by atoms with Crippen LogP contribution < -0.4 is 26.6 Å². The van der Waals surface area contributed by atoms with Gasteiger partial charge in [-0.3, -0.25) is 29.4 Å². The van der Waals surface area contributed by atoms with Crippen molar-refractivity contribution in [1.29, 1.82) is 0 Å². The molecule has 0 saturated carbocycles. The summed E-state index contributed by atoms with van der Waals surface area (Å²) in [6.45, 7) is 13.0. The molecule has 13 heteroatoms. The minimum absolute atomic E-state index is 0.0271. The van der Waals surface area contributed by atoms with E-state index in [0.717, 1.165) is 11.1 Å². The number of carbonyl (C=O) groups excluding carboxylic acids is 4. The van der Waals surface area contributed by atoms with Gasteiger partial charge < -0.3 is 31.1 Å². The summed E-state index contributed by atoms with van der Waals surface area (Å²) in [4.78, 5) is 55.4. The van der Waals surface area contributed by atoms with Crippen molar-refractivity contribution in [1.82, 2.24) is 31.5 Å². The molecule has 0 bridgehead atoms. The Hall–Kier alpha value is -3.49.